The van der Waals surface area contributed by atoms with Gasteiger partial charge in [-0.25, -0.2) is 4.79 Å². The molecule has 0 bridgehead atoms. The fourth-order valence-electron chi connectivity index (χ4n) is 3.17. The summed E-state index contributed by atoms with van der Waals surface area (Å²) in [5.74, 6) is -1.04. The molecule has 0 spiro atoms. The van der Waals surface area contributed by atoms with Gasteiger partial charge in [-0.1, -0.05) is 84.5 Å². The van der Waals surface area contributed by atoms with Crippen LogP contribution in [0.5, 0.6) is 0 Å². The fourth-order valence-corrected chi connectivity index (χ4v) is 3.17. The number of unbranched alkanes of at least 4 members (excludes halogenated alkanes) is 7. The highest BCUT2D eigenvalue weighted by Gasteiger charge is 2.19. The average Bonchev–Trinajstić information content (AvgIpc) is 2.63. The molecule has 0 aliphatic carbocycles. The van der Waals surface area contributed by atoms with Gasteiger partial charge in [-0.15, -0.1) is 0 Å². The van der Waals surface area contributed by atoms with E-state index >= 15 is 0 Å². The zero-order chi connectivity index (χ0) is 19.6. The van der Waals surface area contributed by atoms with Gasteiger partial charge in [0.1, 0.15) is 0 Å². The van der Waals surface area contributed by atoms with Gasteiger partial charge in [-0.05, 0) is 18.8 Å². The lowest BCUT2D eigenvalue weighted by Crippen LogP contribution is -2.28. The number of aliphatic hydroxyl groups excluding tert-OH is 2. The first kappa shape index (κ1) is 25.1. The zero-order valence-electron chi connectivity index (χ0n) is 16.9. The number of carbonyl (C=O) groups is 2. The van der Waals surface area contributed by atoms with Crippen LogP contribution < -0.4 is 0 Å². The van der Waals surface area contributed by atoms with Gasteiger partial charge >= 0.3 is 11.9 Å². The maximum atomic E-state index is 11.6. The average molecular weight is 373 g/mol. The largest absolute Gasteiger partial charge is 0.393 e. The molecule has 0 saturated carbocycles. The quantitative estimate of drug-likeness (QED) is 0.223. The highest BCUT2D eigenvalue weighted by atomic mass is 16.6. The summed E-state index contributed by atoms with van der Waals surface area (Å²) in [6, 6.07) is 0. The third-order valence-corrected chi connectivity index (χ3v) is 4.83. The molecule has 0 saturated heterocycles. The molecule has 0 aromatic rings. The summed E-state index contributed by atoms with van der Waals surface area (Å²) < 4.78 is 4.53. The van der Waals surface area contributed by atoms with E-state index in [1.165, 1.54) is 70.6 Å². The van der Waals surface area contributed by atoms with Crippen molar-refractivity contribution in [3.05, 3.63) is 0 Å². The Morgan fingerprint density at radius 3 is 1.92 bits per heavy atom. The van der Waals surface area contributed by atoms with E-state index in [2.05, 4.69) is 18.6 Å². The van der Waals surface area contributed by atoms with Crippen molar-refractivity contribution in [1.82, 2.24) is 0 Å². The summed E-state index contributed by atoms with van der Waals surface area (Å²) in [6.07, 6.45) is 14.2. The number of aliphatic hydroxyl groups is 2. The Bertz CT molecular complexity index is 356. The lowest BCUT2D eigenvalue weighted by Gasteiger charge is -2.16. The molecule has 2 atom stereocenters. The van der Waals surface area contributed by atoms with Crippen molar-refractivity contribution < 1.29 is 24.5 Å². The second kappa shape index (κ2) is 17.5. The molecule has 2 unspecified atom stereocenters. The Balaban J connectivity index is 4.04. The van der Waals surface area contributed by atoms with Gasteiger partial charge in [0.25, 0.3) is 0 Å². The molecule has 154 valence electrons. The van der Waals surface area contributed by atoms with Crippen molar-refractivity contribution >= 4 is 11.9 Å². The number of ether oxygens (including phenoxy) is 1. The van der Waals surface area contributed by atoms with Crippen LogP contribution in [0.1, 0.15) is 104 Å². The van der Waals surface area contributed by atoms with Crippen LogP contribution >= 0.6 is 0 Å². The van der Waals surface area contributed by atoms with E-state index in [1.54, 1.807) is 0 Å². The standard InChI is InChI=1S/C21H40O5/c1-3-5-7-8-9-11-14-18(13-10-6-4-2)15-12-16-20(24)26-21(25)19(23)17-22/h18-19,22-23H,3-17H2,1-2H3. The van der Waals surface area contributed by atoms with Crippen LogP contribution in [0.2, 0.25) is 0 Å². The maximum Gasteiger partial charge on any atom is 0.345 e. The van der Waals surface area contributed by atoms with Crippen LogP contribution in [0.25, 0.3) is 0 Å². The minimum absolute atomic E-state index is 0.185. The molecule has 0 aromatic heterocycles. The van der Waals surface area contributed by atoms with E-state index < -0.39 is 24.6 Å². The highest BCUT2D eigenvalue weighted by molar-refractivity contribution is 5.87. The lowest BCUT2D eigenvalue weighted by molar-refractivity contribution is -0.167. The first-order chi connectivity index (χ1) is 12.5. The topological polar surface area (TPSA) is 83.8 Å². The van der Waals surface area contributed by atoms with Crippen LogP contribution in [0, 0.1) is 5.92 Å². The van der Waals surface area contributed by atoms with E-state index in [0.717, 1.165) is 6.42 Å². The molecule has 5 nitrogen and oxygen atoms in total. The minimum Gasteiger partial charge on any atom is -0.393 e. The monoisotopic (exact) mass is 372 g/mol. The number of carbonyl (C=O) groups excluding carboxylic acids is 2. The van der Waals surface area contributed by atoms with Crippen molar-refractivity contribution in [3.8, 4) is 0 Å². The van der Waals surface area contributed by atoms with Crippen LogP contribution in [0.15, 0.2) is 0 Å². The smallest absolute Gasteiger partial charge is 0.345 e. The van der Waals surface area contributed by atoms with Gasteiger partial charge in [0.05, 0.1) is 6.61 Å². The molecule has 0 rings (SSSR count). The van der Waals surface area contributed by atoms with Gasteiger partial charge in [0.2, 0.25) is 0 Å². The predicted octanol–water partition coefficient (Wildman–Crippen LogP) is 4.53. The summed E-state index contributed by atoms with van der Waals surface area (Å²) in [6.45, 7) is 3.70. The Morgan fingerprint density at radius 2 is 1.31 bits per heavy atom. The number of hydrogen-bond acceptors (Lipinski definition) is 5. The third kappa shape index (κ3) is 14.3. The van der Waals surface area contributed by atoms with Gasteiger partial charge in [-0.3, -0.25) is 4.79 Å². The molecule has 0 fully saturated rings. The van der Waals surface area contributed by atoms with Crippen molar-refractivity contribution in [2.75, 3.05) is 6.61 Å². The number of hydrogen-bond donors (Lipinski definition) is 2. The summed E-state index contributed by atoms with van der Waals surface area (Å²) in [5, 5.41) is 17.8. The van der Waals surface area contributed by atoms with Gasteiger partial charge in [0, 0.05) is 6.42 Å². The Hall–Kier alpha value is -0.940. The Kier molecular flexibility index (Phi) is 16.8. The molecular formula is C21H40O5. The van der Waals surface area contributed by atoms with Crippen LogP contribution in [-0.4, -0.2) is 34.9 Å². The number of rotatable bonds is 17. The van der Waals surface area contributed by atoms with Gasteiger partial charge in [-0.2, -0.15) is 0 Å². The van der Waals surface area contributed by atoms with E-state index in [9.17, 15) is 9.59 Å². The van der Waals surface area contributed by atoms with Crippen LogP contribution in [0.4, 0.5) is 0 Å². The first-order valence-electron chi connectivity index (χ1n) is 10.6. The van der Waals surface area contributed by atoms with E-state index in [1.807, 2.05) is 0 Å². The summed E-state index contributed by atoms with van der Waals surface area (Å²) in [5.41, 5.74) is 0. The van der Waals surface area contributed by atoms with E-state index in [-0.39, 0.29) is 6.42 Å². The predicted molar refractivity (Wildman–Crippen MR) is 104 cm³/mol. The van der Waals surface area contributed by atoms with Crippen LogP contribution in [0.3, 0.4) is 0 Å². The zero-order valence-corrected chi connectivity index (χ0v) is 16.9. The van der Waals surface area contributed by atoms with Crippen molar-refractivity contribution in [2.45, 2.75) is 110 Å². The molecule has 0 aliphatic rings. The maximum absolute atomic E-state index is 11.6. The molecule has 0 heterocycles. The fraction of sp³-hybridized carbons (Fsp3) is 0.905. The summed E-state index contributed by atoms with van der Waals surface area (Å²) in [7, 11) is 0. The Morgan fingerprint density at radius 1 is 0.808 bits per heavy atom. The van der Waals surface area contributed by atoms with Crippen LogP contribution in [-0.2, 0) is 14.3 Å². The molecule has 0 aromatic carbocycles. The molecule has 0 amide bonds. The summed E-state index contributed by atoms with van der Waals surface area (Å²) >= 11 is 0. The Labute approximate surface area is 159 Å². The third-order valence-electron chi connectivity index (χ3n) is 4.83. The normalized spacial score (nSPS) is 13.4. The van der Waals surface area contributed by atoms with E-state index in [0.29, 0.717) is 12.3 Å². The summed E-state index contributed by atoms with van der Waals surface area (Å²) in [4.78, 5) is 22.9. The second-order valence-electron chi connectivity index (χ2n) is 7.30. The lowest BCUT2D eigenvalue weighted by atomic mass is 9.90. The first-order valence-corrected chi connectivity index (χ1v) is 10.6. The van der Waals surface area contributed by atoms with E-state index in [4.69, 9.17) is 10.2 Å². The molecule has 0 aliphatic heterocycles. The van der Waals surface area contributed by atoms with Gasteiger partial charge < -0.3 is 14.9 Å². The SMILES string of the molecule is CCCCCCCCC(CCCCC)CCCC(=O)OC(=O)C(O)CO. The minimum atomic E-state index is -1.63. The van der Waals surface area contributed by atoms with Crippen molar-refractivity contribution in [3.63, 3.8) is 0 Å². The molecule has 2 N–H and O–H groups in total. The second-order valence-corrected chi connectivity index (χ2v) is 7.30. The number of esters is 2. The van der Waals surface area contributed by atoms with Crippen molar-refractivity contribution in [1.29, 1.82) is 0 Å². The molecule has 0 radical (unpaired) electrons. The highest BCUT2D eigenvalue weighted by Crippen LogP contribution is 2.23. The molecule has 5 heteroatoms. The molecule has 26 heavy (non-hydrogen) atoms. The van der Waals surface area contributed by atoms with Gasteiger partial charge in [0.15, 0.2) is 6.10 Å². The molecular weight excluding hydrogens is 332 g/mol. The van der Waals surface area contributed by atoms with Crippen molar-refractivity contribution in [2.24, 2.45) is 5.92 Å².